The van der Waals surface area contributed by atoms with Crippen LogP contribution in [0.2, 0.25) is 0 Å². The summed E-state index contributed by atoms with van der Waals surface area (Å²) in [6, 6.07) is 4.08. The van der Waals surface area contributed by atoms with Gasteiger partial charge in [0.05, 0.1) is 15.9 Å². The van der Waals surface area contributed by atoms with Gasteiger partial charge in [-0.1, -0.05) is 18.8 Å². The highest BCUT2D eigenvalue weighted by molar-refractivity contribution is 5.87. The Morgan fingerprint density at radius 1 is 1.47 bits per heavy atom. The Bertz CT molecular complexity index is 580. The van der Waals surface area contributed by atoms with Crippen molar-refractivity contribution in [3.8, 4) is 11.8 Å². The molecule has 0 heterocycles. The Morgan fingerprint density at radius 3 is 2.63 bits per heavy atom. The topological polar surface area (TPSA) is 86.2 Å². The zero-order chi connectivity index (χ0) is 14.6. The lowest BCUT2D eigenvalue weighted by molar-refractivity contribution is -0.384. The van der Waals surface area contributed by atoms with Crippen molar-refractivity contribution in [2.75, 3.05) is 5.73 Å². The number of anilines is 1. The van der Waals surface area contributed by atoms with Crippen molar-refractivity contribution in [3.05, 3.63) is 33.9 Å². The third-order valence-corrected chi connectivity index (χ3v) is 2.78. The van der Waals surface area contributed by atoms with Crippen LogP contribution in [0.5, 0.6) is 0 Å². The van der Waals surface area contributed by atoms with E-state index in [1.807, 2.05) is 0 Å². The predicted molar refractivity (Wildman–Crippen MR) is 73.5 cm³/mol. The van der Waals surface area contributed by atoms with Gasteiger partial charge in [-0.2, -0.15) is 0 Å². The fourth-order valence-electron chi connectivity index (χ4n) is 1.50. The van der Waals surface area contributed by atoms with Gasteiger partial charge in [0.15, 0.2) is 0 Å². The molecule has 0 fully saturated rings. The molecule has 5 heteroatoms. The fraction of sp³-hybridized carbons (Fsp3) is 0.357. The van der Waals surface area contributed by atoms with Crippen molar-refractivity contribution < 1.29 is 9.72 Å². The predicted octanol–water partition coefficient (Wildman–Crippen LogP) is 2.53. The highest BCUT2D eigenvalue weighted by Gasteiger charge is 2.22. The number of ketones is 1. The number of benzene rings is 1. The zero-order valence-corrected chi connectivity index (χ0v) is 11.2. The molecule has 0 amide bonds. The number of nitrogen functional groups attached to an aromatic ring is 1. The van der Waals surface area contributed by atoms with Gasteiger partial charge in [-0.05, 0) is 19.9 Å². The number of Topliss-reactive ketones (excluding diaryl/α,β-unsaturated/α-hetero) is 1. The summed E-state index contributed by atoms with van der Waals surface area (Å²) in [7, 11) is 0. The van der Waals surface area contributed by atoms with Gasteiger partial charge in [-0.25, -0.2) is 0 Å². The average molecular weight is 260 g/mol. The Kier molecular flexibility index (Phi) is 4.28. The second kappa shape index (κ2) is 5.53. The summed E-state index contributed by atoms with van der Waals surface area (Å²) in [6.07, 6.45) is 0.395. The number of nitrogens with two attached hydrogens (primary N) is 1. The minimum Gasteiger partial charge on any atom is -0.398 e. The number of hydrogen-bond donors (Lipinski definition) is 1. The van der Waals surface area contributed by atoms with Crippen molar-refractivity contribution in [1.29, 1.82) is 0 Å². The maximum Gasteiger partial charge on any atom is 0.270 e. The summed E-state index contributed by atoms with van der Waals surface area (Å²) in [5.74, 6) is 5.61. The number of non-ortho nitro benzene ring substituents is 1. The van der Waals surface area contributed by atoms with Crippen LogP contribution in [0, 0.1) is 27.4 Å². The third-order valence-electron chi connectivity index (χ3n) is 2.78. The van der Waals surface area contributed by atoms with E-state index in [1.165, 1.54) is 18.2 Å². The highest BCUT2D eigenvalue weighted by atomic mass is 16.6. The summed E-state index contributed by atoms with van der Waals surface area (Å²) < 4.78 is 0. The molecule has 2 N–H and O–H groups in total. The number of carbonyl (C=O) groups excluding carboxylic acids is 1. The lowest BCUT2D eigenvalue weighted by Crippen LogP contribution is -2.21. The van der Waals surface area contributed by atoms with E-state index in [0.717, 1.165) is 0 Å². The molecule has 0 aliphatic rings. The second-order valence-electron chi connectivity index (χ2n) is 4.68. The number of carbonyl (C=O) groups is 1. The molecule has 0 aliphatic carbocycles. The molecule has 19 heavy (non-hydrogen) atoms. The minimum absolute atomic E-state index is 0.0176. The van der Waals surface area contributed by atoms with E-state index in [-0.39, 0.29) is 11.5 Å². The number of hydrogen-bond acceptors (Lipinski definition) is 4. The lowest BCUT2D eigenvalue weighted by atomic mass is 9.87. The van der Waals surface area contributed by atoms with Gasteiger partial charge in [0.25, 0.3) is 5.69 Å². The molecule has 0 saturated carbocycles. The molecule has 0 unspecified atom stereocenters. The van der Waals surface area contributed by atoms with Gasteiger partial charge in [-0.15, -0.1) is 0 Å². The number of nitro groups is 1. The van der Waals surface area contributed by atoms with E-state index < -0.39 is 10.3 Å². The quantitative estimate of drug-likeness (QED) is 0.391. The molecule has 5 nitrogen and oxygen atoms in total. The van der Waals surface area contributed by atoms with Gasteiger partial charge < -0.3 is 5.73 Å². The SMILES string of the molecule is CCC(=O)C(C)(C)C#Cc1cc([N+](=O)[O-])ccc1N. The standard InChI is InChI=1S/C14H16N2O3/c1-4-13(17)14(2,3)8-7-10-9-11(16(18)19)5-6-12(10)15/h5-6,9H,4,15H2,1-3H3. The van der Waals surface area contributed by atoms with E-state index >= 15 is 0 Å². The summed E-state index contributed by atoms with van der Waals surface area (Å²) in [6.45, 7) is 5.21. The molecular formula is C14H16N2O3. The van der Waals surface area contributed by atoms with Gasteiger partial charge >= 0.3 is 0 Å². The van der Waals surface area contributed by atoms with E-state index in [4.69, 9.17) is 5.73 Å². The van der Waals surface area contributed by atoms with Crippen LogP contribution in [0.4, 0.5) is 11.4 Å². The zero-order valence-electron chi connectivity index (χ0n) is 11.2. The minimum atomic E-state index is -0.786. The third kappa shape index (κ3) is 3.55. The maximum absolute atomic E-state index is 11.7. The molecule has 1 aromatic carbocycles. The van der Waals surface area contributed by atoms with E-state index in [2.05, 4.69) is 11.8 Å². The summed E-state index contributed by atoms with van der Waals surface area (Å²) in [5, 5.41) is 10.7. The van der Waals surface area contributed by atoms with Crippen molar-refractivity contribution in [3.63, 3.8) is 0 Å². The molecule has 1 rings (SSSR count). The van der Waals surface area contributed by atoms with E-state index in [9.17, 15) is 14.9 Å². The molecule has 100 valence electrons. The van der Waals surface area contributed by atoms with E-state index in [0.29, 0.717) is 17.7 Å². The van der Waals surface area contributed by atoms with Crippen LogP contribution in [-0.4, -0.2) is 10.7 Å². The highest BCUT2D eigenvalue weighted by Crippen LogP contribution is 2.21. The van der Waals surface area contributed by atoms with Crippen LogP contribution in [0.3, 0.4) is 0 Å². The van der Waals surface area contributed by atoms with Gasteiger partial charge in [0.1, 0.15) is 5.78 Å². The van der Waals surface area contributed by atoms with Gasteiger partial charge in [0, 0.05) is 24.2 Å². The first-order valence-electron chi connectivity index (χ1n) is 5.88. The van der Waals surface area contributed by atoms with Crippen LogP contribution in [0.1, 0.15) is 32.8 Å². The van der Waals surface area contributed by atoms with Gasteiger partial charge in [-0.3, -0.25) is 14.9 Å². The van der Waals surface area contributed by atoms with Crippen LogP contribution < -0.4 is 5.73 Å². The molecule has 1 aromatic rings. The first kappa shape index (κ1) is 14.7. The molecule has 0 bridgehead atoms. The molecule has 0 aromatic heterocycles. The summed E-state index contributed by atoms with van der Waals surface area (Å²) in [4.78, 5) is 21.8. The van der Waals surface area contributed by atoms with Crippen molar-refractivity contribution >= 4 is 17.2 Å². The van der Waals surface area contributed by atoms with Crippen molar-refractivity contribution in [1.82, 2.24) is 0 Å². The maximum atomic E-state index is 11.7. The van der Waals surface area contributed by atoms with Crippen LogP contribution >= 0.6 is 0 Å². The monoisotopic (exact) mass is 260 g/mol. The molecular weight excluding hydrogens is 244 g/mol. The lowest BCUT2D eigenvalue weighted by Gasteiger charge is -2.14. The molecule has 0 aliphatic heterocycles. The van der Waals surface area contributed by atoms with Crippen molar-refractivity contribution in [2.45, 2.75) is 27.2 Å². The Balaban J connectivity index is 3.17. The normalized spacial score (nSPS) is 10.5. The van der Waals surface area contributed by atoms with Crippen molar-refractivity contribution in [2.24, 2.45) is 5.41 Å². The summed E-state index contributed by atoms with van der Waals surface area (Å²) >= 11 is 0. The largest absolute Gasteiger partial charge is 0.398 e. The number of nitro benzene ring substituents is 1. The molecule has 0 radical (unpaired) electrons. The summed E-state index contributed by atoms with van der Waals surface area (Å²) in [5.41, 5.74) is 5.59. The number of nitrogens with zero attached hydrogens (tertiary/aromatic N) is 1. The molecule has 0 saturated heterocycles. The molecule has 0 spiro atoms. The Morgan fingerprint density at radius 2 is 2.11 bits per heavy atom. The smallest absolute Gasteiger partial charge is 0.270 e. The average Bonchev–Trinajstić information content (AvgIpc) is 2.36. The Labute approximate surface area is 112 Å². The van der Waals surface area contributed by atoms with Crippen LogP contribution in [-0.2, 0) is 4.79 Å². The second-order valence-corrected chi connectivity index (χ2v) is 4.68. The van der Waals surface area contributed by atoms with Crippen LogP contribution in [0.15, 0.2) is 18.2 Å². The number of rotatable bonds is 3. The van der Waals surface area contributed by atoms with Crippen LogP contribution in [0.25, 0.3) is 0 Å². The molecule has 0 atom stereocenters. The first-order chi connectivity index (χ1) is 8.77. The Hall–Kier alpha value is -2.35. The fourth-order valence-corrected chi connectivity index (χ4v) is 1.50. The van der Waals surface area contributed by atoms with E-state index in [1.54, 1.807) is 20.8 Å². The first-order valence-corrected chi connectivity index (χ1v) is 5.88. The van der Waals surface area contributed by atoms with Gasteiger partial charge in [0.2, 0.25) is 0 Å².